The maximum absolute atomic E-state index is 13.3. The van der Waals surface area contributed by atoms with Gasteiger partial charge in [0, 0.05) is 56.6 Å². The van der Waals surface area contributed by atoms with Crippen LogP contribution in [0.4, 0.5) is 10.1 Å². The first-order valence-corrected chi connectivity index (χ1v) is 10.3. The van der Waals surface area contributed by atoms with Gasteiger partial charge in [-0.3, -0.25) is 4.99 Å². The lowest BCUT2D eigenvalue weighted by Gasteiger charge is -2.21. The van der Waals surface area contributed by atoms with Gasteiger partial charge in [-0.15, -0.1) is 24.0 Å². The number of aryl methyl sites for hydroxylation is 1. The highest BCUT2D eigenvalue weighted by molar-refractivity contribution is 14.0. The molecule has 0 radical (unpaired) electrons. The van der Waals surface area contributed by atoms with Crippen molar-refractivity contribution >= 4 is 35.6 Å². The number of hydrogen-bond acceptors (Lipinski definition) is 4. The number of anilines is 1. The standard InChI is InChI=1S/C23H31FN4O2.HI/c1-25-23(26-10-5-7-17-6-4-8-18(24)12-17)27-19-9-11-28(16-19)20-13-21(29-2)15-22(14-20)30-3;/h4,6,8,12-15,19H,5,7,9-11,16H2,1-3H3,(H2,25,26,27);1H. The number of guanidine groups is 1. The Morgan fingerprint density at radius 3 is 2.55 bits per heavy atom. The van der Waals surface area contributed by atoms with Crippen LogP contribution in [0.3, 0.4) is 0 Å². The minimum absolute atomic E-state index is 0. The Balaban J connectivity index is 0.00000341. The molecular formula is C23H32FIN4O2. The van der Waals surface area contributed by atoms with Gasteiger partial charge in [0.15, 0.2) is 5.96 Å². The Morgan fingerprint density at radius 2 is 1.90 bits per heavy atom. The summed E-state index contributed by atoms with van der Waals surface area (Å²) in [6, 6.07) is 13.0. The number of hydrogen-bond donors (Lipinski definition) is 2. The summed E-state index contributed by atoms with van der Waals surface area (Å²) in [5.74, 6) is 2.19. The van der Waals surface area contributed by atoms with Crippen LogP contribution in [0.25, 0.3) is 0 Å². The summed E-state index contributed by atoms with van der Waals surface area (Å²) >= 11 is 0. The van der Waals surface area contributed by atoms with Crippen LogP contribution in [-0.4, -0.2) is 52.9 Å². The van der Waals surface area contributed by atoms with Gasteiger partial charge in [-0.25, -0.2) is 4.39 Å². The Labute approximate surface area is 201 Å². The Kier molecular flexibility index (Phi) is 10.2. The van der Waals surface area contributed by atoms with E-state index in [9.17, 15) is 4.39 Å². The van der Waals surface area contributed by atoms with Crippen molar-refractivity contribution in [2.75, 3.05) is 45.8 Å². The third-order valence-electron chi connectivity index (χ3n) is 5.28. The average molecular weight is 542 g/mol. The second kappa shape index (κ2) is 12.6. The molecule has 1 heterocycles. The summed E-state index contributed by atoms with van der Waals surface area (Å²) < 4.78 is 24.0. The number of nitrogens with one attached hydrogen (secondary N) is 2. The third kappa shape index (κ3) is 7.45. The van der Waals surface area contributed by atoms with E-state index in [1.54, 1.807) is 33.4 Å². The second-order valence-corrected chi connectivity index (χ2v) is 7.38. The van der Waals surface area contributed by atoms with Crippen LogP contribution in [0.15, 0.2) is 47.5 Å². The van der Waals surface area contributed by atoms with E-state index in [-0.39, 0.29) is 29.8 Å². The number of halogens is 2. The largest absolute Gasteiger partial charge is 0.497 e. The van der Waals surface area contributed by atoms with Gasteiger partial charge in [0.05, 0.1) is 14.2 Å². The first kappa shape index (κ1) is 25.0. The SMILES string of the molecule is CN=C(NCCCc1cccc(F)c1)NC1CCN(c2cc(OC)cc(OC)c2)C1.I. The normalized spacial score (nSPS) is 15.9. The van der Waals surface area contributed by atoms with Crippen molar-refractivity contribution in [3.8, 4) is 11.5 Å². The van der Waals surface area contributed by atoms with Crippen molar-refractivity contribution < 1.29 is 13.9 Å². The molecule has 0 aliphatic carbocycles. The molecule has 1 aliphatic heterocycles. The van der Waals surface area contributed by atoms with Gasteiger partial charge >= 0.3 is 0 Å². The fraction of sp³-hybridized carbons (Fsp3) is 0.435. The van der Waals surface area contributed by atoms with Gasteiger partial charge in [-0.05, 0) is 37.0 Å². The summed E-state index contributed by atoms with van der Waals surface area (Å²) in [6.45, 7) is 2.60. The van der Waals surface area contributed by atoms with Crippen LogP contribution < -0.4 is 25.0 Å². The number of methoxy groups -OCH3 is 2. The zero-order valence-electron chi connectivity index (χ0n) is 18.4. The predicted molar refractivity (Wildman–Crippen MR) is 135 cm³/mol. The van der Waals surface area contributed by atoms with Crippen LogP contribution in [0, 0.1) is 5.82 Å². The zero-order valence-corrected chi connectivity index (χ0v) is 20.7. The molecule has 6 nitrogen and oxygen atoms in total. The predicted octanol–water partition coefficient (Wildman–Crippen LogP) is 3.84. The minimum atomic E-state index is -0.183. The average Bonchev–Trinajstić information content (AvgIpc) is 3.24. The van der Waals surface area contributed by atoms with Crippen molar-refractivity contribution in [3.05, 3.63) is 53.8 Å². The molecule has 3 rings (SSSR count). The summed E-state index contributed by atoms with van der Waals surface area (Å²) in [6.07, 6.45) is 2.75. The second-order valence-electron chi connectivity index (χ2n) is 7.38. The Hall–Kier alpha value is -2.23. The van der Waals surface area contributed by atoms with Crippen molar-refractivity contribution in [1.29, 1.82) is 0 Å². The van der Waals surface area contributed by atoms with E-state index in [2.05, 4.69) is 20.5 Å². The zero-order chi connectivity index (χ0) is 21.3. The topological polar surface area (TPSA) is 58.1 Å². The van der Waals surface area contributed by atoms with Crippen LogP contribution in [0.1, 0.15) is 18.4 Å². The molecule has 2 aromatic carbocycles. The van der Waals surface area contributed by atoms with E-state index in [1.807, 2.05) is 24.3 Å². The lowest BCUT2D eigenvalue weighted by molar-refractivity contribution is 0.394. The molecule has 1 aliphatic rings. The molecule has 1 atom stereocenters. The molecule has 1 saturated heterocycles. The molecule has 0 bridgehead atoms. The van der Waals surface area contributed by atoms with Gasteiger partial charge in [-0.2, -0.15) is 0 Å². The minimum Gasteiger partial charge on any atom is -0.497 e. The van der Waals surface area contributed by atoms with E-state index in [0.717, 1.165) is 67.6 Å². The van der Waals surface area contributed by atoms with Crippen LogP contribution in [-0.2, 0) is 6.42 Å². The summed E-state index contributed by atoms with van der Waals surface area (Å²) in [4.78, 5) is 6.66. The molecule has 31 heavy (non-hydrogen) atoms. The van der Waals surface area contributed by atoms with Gasteiger partial charge in [0.1, 0.15) is 17.3 Å². The number of rotatable bonds is 8. The van der Waals surface area contributed by atoms with E-state index >= 15 is 0 Å². The molecule has 2 N–H and O–H groups in total. The highest BCUT2D eigenvalue weighted by Gasteiger charge is 2.24. The maximum atomic E-state index is 13.3. The van der Waals surface area contributed by atoms with E-state index in [1.165, 1.54) is 6.07 Å². The smallest absolute Gasteiger partial charge is 0.191 e. The molecule has 170 valence electrons. The van der Waals surface area contributed by atoms with Crippen LogP contribution >= 0.6 is 24.0 Å². The fourth-order valence-corrected chi connectivity index (χ4v) is 3.67. The molecule has 8 heteroatoms. The summed E-state index contributed by atoms with van der Waals surface area (Å²) in [5, 5.41) is 6.86. The molecule has 1 unspecified atom stereocenters. The summed E-state index contributed by atoms with van der Waals surface area (Å²) in [7, 11) is 5.11. The van der Waals surface area contributed by atoms with Crippen LogP contribution in [0.2, 0.25) is 0 Å². The van der Waals surface area contributed by atoms with Crippen molar-refractivity contribution in [1.82, 2.24) is 10.6 Å². The number of ether oxygens (including phenoxy) is 2. The molecule has 0 saturated carbocycles. The van der Waals surface area contributed by atoms with Gasteiger partial charge < -0.3 is 25.0 Å². The number of benzene rings is 2. The monoisotopic (exact) mass is 542 g/mol. The third-order valence-corrected chi connectivity index (χ3v) is 5.28. The highest BCUT2D eigenvalue weighted by Crippen LogP contribution is 2.30. The van der Waals surface area contributed by atoms with Crippen molar-refractivity contribution in [3.63, 3.8) is 0 Å². The molecule has 0 spiro atoms. The van der Waals surface area contributed by atoms with Gasteiger partial charge in [0.2, 0.25) is 0 Å². The maximum Gasteiger partial charge on any atom is 0.191 e. The quantitative estimate of drug-likeness (QED) is 0.230. The fourth-order valence-electron chi connectivity index (χ4n) is 3.67. The Morgan fingerprint density at radius 1 is 1.16 bits per heavy atom. The van der Waals surface area contributed by atoms with E-state index < -0.39 is 0 Å². The molecule has 1 fully saturated rings. The first-order valence-electron chi connectivity index (χ1n) is 10.3. The van der Waals surface area contributed by atoms with Crippen molar-refractivity contribution in [2.24, 2.45) is 4.99 Å². The molecule has 2 aromatic rings. The van der Waals surface area contributed by atoms with Gasteiger partial charge in [0.25, 0.3) is 0 Å². The van der Waals surface area contributed by atoms with Crippen molar-refractivity contribution in [2.45, 2.75) is 25.3 Å². The van der Waals surface area contributed by atoms with E-state index in [0.29, 0.717) is 6.04 Å². The molecular weight excluding hydrogens is 510 g/mol. The first-order chi connectivity index (χ1) is 14.6. The van der Waals surface area contributed by atoms with Gasteiger partial charge in [-0.1, -0.05) is 12.1 Å². The van der Waals surface area contributed by atoms with E-state index in [4.69, 9.17) is 9.47 Å². The molecule has 0 amide bonds. The lowest BCUT2D eigenvalue weighted by Crippen LogP contribution is -2.44. The number of aliphatic imine (C=N–C) groups is 1. The highest BCUT2D eigenvalue weighted by atomic mass is 127. The Bertz CT molecular complexity index is 843. The number of nitrogens with zero attached hydrogens (tertiary/aromatic N) is 2. The summed E-state index contributed by atoms with van der Waals surface area (Å²) in [5.41, 5.74) is 2.11. The van der Waals surface area contributed by atoms with Crippen LogP contribution in [0.5, 0.6) is 11.5 Å². The lowest BCUT2D eigenvalue weighted by atomic mass is 10.1. The molecule has 0 aromatic heterocycles.